The number of likely N-dealkylation sites (tertiary alicyclic amines) is 1. The largest absolute Gasteiger partial charge is 0.337 e. The van der Waals surface area contributed by atoms with Gasteiger partial charge in [-0.25, -0.2) is 8.78 Å². The summed E-state index contributed by atoms with van der Waals surface area (Å²) < 4.78 is 26.9. The molecule has 1 aliphatic heterocycles. The van der Waals surface area contributed by atoms with Gasteiger partial charge in [0.2, 0.25) is 0 Å². The van der Waals surface area contributed by atoms with Gasteiger partial charge >= 0.3 is 0 Å². The van der Waals surface area contributed by atoms with Crippen LogP contribution in [0.4, 0.5) is 8.78 Å². The Morgan fingerprint density at radius 3 is 2.59 bits per heavy atom. The van der Waals surface area contributed by atoms with Gasteiger partial charge in [0.15, 0.2) is 0 Å². The summed E-state index contributed by atoms with van der Waals surface area (Å²) in [6, 6.07) is 3.48. The summed E-state index contributed by atoms with van der Waals surface area (Å²) in [4.78, 5) is 13.5. The topological polar surface area (TPSA) is 20.3 Å². The third-order valence-electron chi connectivity index (χ3n) is 2.94. The van der Waals surface area contributed by atoms with Gasteiger partial charge in [-0.1, -0.05) is 6.07 Å². The third kappa shape index (κ3) is 2.44. The lowest BCUT2D eigenvalue weighted by molar-refractivity contribution is 0.0783. The number of rotatable bonds is 2. The van der Waals surface area contributed by atoms with Crippen LogP contribution in [0.3, 0.4) is 0 Å². The fourth-order valence-electron chi connectivity index (χ4n) is 1.97. The summed E-state index contributed by atoms with van der Waals surface area (Å²) >= 11 is 1.68. The van der Waals surface area contributed by atoms with Crippen molar-refractivity contribution < 1.29 is 13.6 Å². The normalized spacial score (nSPS) is 19.7. The minimum Gasteiger partial charge on any atom is -0.337 e. The van der Waals surface area contributed by atoms with Gasteiger partial charge in [-0.2, -0.15) is 11.8 Å². The molecule has 1 saturated heterocycles. The highest BCUT2D eigenvalue weighted by molar-refractivity contribution is 7.99. The van der Waals surface area contributed by atoms with Crippen molar-refractivity contribution in [2.45, 2.75) is 11.7 Å². The van der Waals surface area contributed by atoms with Gasteiger partial charge in [-0.3, -0.25) is 4.79 Å². The molecule has 2 rings (SSSR count). The van der Waals surface area contributed by atoms with E-state index in [1.54, 1.807) is 11.8 Å². The van der Waals surface area contributed by atoms with Crippen LogP contribution in [0.15, 0.2) is 18.2 Å². The van der Waals surface area contributed by atoms with E-state index in [0.717, 1.165) is 18.6 Å². The molecule has 0 bridgehead atoms. The molecule has 1 aliphatic rings. The van der Waals surface area contributed by atoms with Crippen LogP contribution in [0.1, 0.15) is 16.8 Å². The molecule has 5 heteroatoms. The molecule has 0 saturated carbocycles. The molecule has 1 aromatic carbocycles. The van der Waals surface area contributed by atoms with Crippen LogP contribution < -0.4 is 0 Å². The SMILES string of the molecule is CS[C@H]1CCN(C(=O)c2c(F)cccc2F)C1. The molecular formula is C12H13F2NOS. The van der Waals surface area contributed by atoms with Crippen LogP contribution in [-0.2, 0) is 0 Å². The molecule has 92 valence electrons. The molecule has 0 spiro atoms. The first-order valence-electron chi connectivity index (χ1n) is 5.39. The van der Waals surface area contributed by atoms with E-state index >= 15 is 0 Å². The standard InChI is InChI=1S/C12H13F2NOS/c1-17-8-5-6-15(7-8)12(16)11-9(13)3-2-4-10(11)14/h2-4,8H,5-7H2,1H3/t8-/m0/s1. The summed E-state index contributed by atoms with van der Waals surface area (Å²) in [5.41, 5.74) is -0.436. The lowest BCUT2D eigenvalue weighted by Crippen LogP contribution is -2.30. The highest BCUT2D eigenvalue weighted by Crippen LogP contribution is 2.23. The Balaban J connectivity index is 2.21. The zero-order valence-electron chi connectivity index (χ0n) is 9.45. The first-order valence-corrected chi connectivity index (χ1v) is 6.68. The maximum absolute atomic E-state index is 13.4. The average molecular weight is 257 g/mol. The number of benzene rings is 1. The number of nitrogens with zero attached hydrogens (tertiary/aromatic N) is 1. The number of carbonyl (C=O) groups excluding carboxylic acids is 1. The maximum atomic E-state index is 13.4. The van der Waals surface area contributed by atoms with E-state index in [4.69, 9.17) is 0 Å². The number of hydrogen-bond acceptors (Lipinski definition) is 2. The van der Waals surface area contributed by atoms with Crippen molar-refractivity contribution in [1.29, 1.82) is 0 Å². The number of thioether (sulfide) groups is 1. The van der Waals surface area contributed by atoms with E-state index in [-0.39, 0.29) is 0 Å². The fraction of sp³-hybridized carbons (Fsp3) is 0.417. The minimum atomic E-state index is -0.789. The summed E-state index contributed by atoms with van der Waals surface area (Å²) in [5.74, 6) is -2.12. The average Bonchev–Trinajstić information content (AvgIpc) is 2.77. The van der Waals surface area contributed by atoms with Gasteiger partial charge in [0.1, 0.15) is 17.2 Å². The van der Waals surface area contributed by atoms with Crippen LogP contribution in [-0.4, -0.2) is 35.4 Å². The quantitative estimate of drug-likeness (QED) is 0.811. The smallest absolute Gasteiger partial charge is 0.259 e. The van der Waals surface area contributed by atoms with Gasteiger partial charge in [0, 0.05) is 18.3 Å². The Morgan fingerprint density at radius 2 is 2.06 bits per heavy atom. The zero-order valence-corrected chi connectivity index (χ0v) is 10.3. The van der Waals surface area contributed by atoms with Crippen molar-refractivity contribution in [1.82, 2.24) is 4.90 Å². The first kappa shape index (κ1) is 12.4. The van der Waals surface area contributed by atoms with Crippen LogP contribution in [0.5, 0.6) is 0 Å². The molecule has 17 heavy (non-hydrogen) atoms. The van der Waals surface area contributed by atoms with Gasteiger partial charge in [0.25, 0.3) is 5.91 Å². The van der Waals surface area contributed by atoms with Crippen molar-refractivity contribution in [3.63, 3.8) is 0 Å². The summed E-state index contributed by atoms with van der Waals surface area (Å²) in [5, 5.41) is 0.369. The third-order valence-corrected chi connectivity index (χ3v) is 3.99. The zero-order chi connectivity index (χ0) is 12.4. The summed E-state index contributed by atoms with van der Waals surface area (Å²) in [7, 11) is 0. The Kier molecular flexibility index (Phi) is 3.66. The molecule has 2 nitrogen and oxygen atoms in total. The van der Waals surface area contributed by atoms with Crippen LogP contribution in [0.2, 0.25) is 0 Å². The highest BCUT2D eigenvalue weighted by Gasteiger charge is 2.29. The molecule has 1 aromatic rings. The molecule has 0 aromatic heterocycles. The van der Waals surface area contributed by atoms with Gasteiger partial charge < -0.3 is 4.90 Å². The molecule has 1 amide bonds. The Hall–Kier alpha value is -1.10. The molecule has 0 radical (unpaired) electrons. The fourth-order valence-corrected chi connectivity index (χ4v) is 2.64. The molecule has 1 heterocycles. The van der Waals surface area contributed by atoms with E-state index < -0.39 is 23.1 Å². The predicted octanol–water partition coefficient (Wildman–Crippen LogP) is 2.54. The van der Waals surface area contributed by atoms with Crippen molar-refractivity contribution >= 4 is 17.7 Å². The summed E-state index contributed by atoms with van der Waals surface area (Å²) in [6.07, 6.45) is 2.85. The number of amides is 1. The number of halogens is 2. The van der Waals surface area contributed by atoms with Crippen molar-refractivity contribution in [3.05, 3.63) is 35.4 Å². The predicted molar refractivity (Wildman–Crippen MR) is 64.2 cm³/mol. The van der Waals surface area contributed by atoms with E-state index in [2.05, 4.69) is 0 Å². The van der Waals surface area contributed by atoms with E-state index in [1.807, 2.05) is 6.26 Å². The molecule has 1 fully saturated rings. The maximum Gasteiger partial charge on any atom is 0.259 e. The van der Waals surface area contributed by atoms with Crippen LogP contribution in [0, 0.1) is 11.6 Å². The van der Waals surface area contributed by atoms with E-state index in [0.29, 0.717) is 18.3 Å². The Morgan fingerprint density at radius 1 is 1.41 bits per heavy atom. The van der Waals surface area contributed by atoms with Crippen LogP contribution in [0.25, 0.3) is 0 Å². The summed E-state index contributed by atoms with van der Waals surface area (Å²) in [6.45, 7) is 1.13. The molecule has 0 unspecified atom stereocenters. The minimum absolute atomic E-state index is 0.369. The van der Waals surface area contributed by atoms with Gasteiger partial charge in [0.05, 0.1) is 0 Å². The Labute approximate surface area is 103 Å². The lowest BCUT2D eigenvalue weighted by atomic mass is 10.1. The van der Waals surface area contributed by atoms with Gasteiger partial charge in [-0.15, -0.1) is 0 Å². The van der Waals surface area contributed by atoms with E-state index in [9.17, 15) is 13.6 Å². The Bertz CT molecular complexity index is 418. The molecule has 0 aliphatic carbocycles. The molecular weight excluding hydrogens is 244 g/mol. The van der Waals surface area contributed by atoms with Crippen molar-refractivity contribution in [3.8, 4) is 0 Å². The van der Waals surface area contributed by atoms with Crippen LogP contribution >= 0.6 is 11.8 Å². The second kappa shape index (κ2) is 5.04. The second-order valence-electron chi connectivity index (χ2n) is 3.99. The highest BCUT2D eigenvalue weighted by atomic mass is 32.2. The van der Waals surface area contributed by atoms with E-state index in [1.165, 1.54) is 11.0 Å². The van der Waals surface area contributed by atoms with Crippen molar-refractivity contribution in [2.75, 3.05) is 19.3 Å². The van der Waals surface area contributed by atoms with Gasteiger partial charge in [-0.05, 0) is 24.8 Å². The lowest BCUT2D eigenvalue weighted by Gasteiger charge is -2.16. The number of hydrogen-bond donors (Lipinski definition) is 0. The monoisotopic (exact) mass is 257 g/mol. The molecule has 0 N–H and O–H groups in total. The molecule has 1 atom stereocenters. The van der Waals surface area contributed by atoms with Crippen molar-refractivity contribution in [2.24, 2.45) is 0 Å². The first-order chi connectivity index (χ1) is 8.13. The second-order valence-corrected chi connectivity index (χ2v) is 5.13. The number of carbonyl (C=O) groups is 1.